The number of carbonyl (C=O) groups excluding carboxylic acids is 2. The van der Waals surface area contributed by atoms with Crippen LogP contribution in [-0.4, -0.2) is 27.0 Å². The Morgan fingerprint density at radius 1 is 1.32 bits per heavy atom. The zero-order chi connectivity index (χ0) is 18.6. The number of non-ortho nitro benzene ring substituents is 1. The highest BCUT2D eigenvalue weighted by atomic mass is 32.2. The lowest BCUT2D eigenvalue weighted by Gasteiger charge is -2.53. The van der Waals surface area contributed by atoms with E-state index < -0.39 is 9.67 Å². The van der Waals surface area contributed by atoms with Crippen molar-refractivity contribution in [3.05, 3.63) is 39.9 Å². The van der Waals surface area contributed by atoms with Crippen LogP contribution < -0.4 is 0 Å². The van der Waals surface area contributed by atoms with Crippen molar-refractivity contribution in [2.45, 2.75) is 57.1 Å². The summed E-state index contributed by atoms with van der Waals surface area (Å²) in [5.41, 5.74) is 0.808. The van der Waals surface area contributed by atoms with E-state index in [9.17, 15) is 19.7 Å². The molecule has 0 radical (unpaired) electrons. The van der Waals surface area contributed by atoms with E-state index in [-0.39, 0.29) is 29.1 Å². The van der Waals surface area contributed by atoms with Gasteiger partial charge in [0, 0.05) is 24.0 Å². The number of nitrogens with zero attached hydrogens (tertiary/aromatic N) is 1. The fourth-order valence-electron chi connectivity index (χ4n) is 3.76. The Morgan fingerprint density at radius 2 is 2.04 bits per heavy atom. The van der Waals surface area contributed by atoms with Gasteiger partial charge in [-0.1, -0.05) is 31.9 Å². The van der Waals surface area contributed by atoms with Gasteiger partial charge in [0.15, 0.2) is 0 Å². The molecule has 0 aromatic heterocycles. The lowest BCUT2D eigenvalue weighted by molar-refractivity contribution is -0.384. The first-order valence-corrected chi connectivity index (χ1v) is 9.73. The molecule has 1 aliphatic rings. The summed E-state index contributed by atoms with van der Waals surface area (Å²) in [6.07, 6.45) is 3.77. The van der Waals surface area contributed by atoms with E-state index >= 15 is 0 Å². The van der Waals surface area contributed by atoms with Gasteiger partial charge in [0.1, 0.15) is 11.6 Å². The maximum absolute atomic E-state index is 12.6. The highest BCUT2D eigenvalue weighted by Gasteiger charge is 2.60. The summed E-state index contributed by atoms with van der Waals surface area (Å²) in [6, 6.07) is 6.49. The van der Waals surface area contributed by atoms with Gasteiger partial charge in [-0.25, -0.2) is 0 Å². The van der Waals surface area contributed by atoms with Crippen LogP contribution in [0.25, 0.3) is 0 Å². The van der Waals surface area contributed by atoms with E-state index in [0.717, 1.165) is 30.6 Å². The van der Waals surface area contributed by atoms with E-state index in [1.54, 1.807) is 37.7 Å². The molecule has 0 bridgehead atoms. The number of ketones is 2. The van der Waals surface area contributed by atoms with Crippen molar-refractivity contribution in [1.82, 2.24) is 0 Å². The van der Waals surface area contributed by atoms with Crippen molar-refractivity contribution < 1.29 is 14.5 Å². The molecule has 1 aliphatic carbocycles. The molecule has 0 heterocycles. The SMILES string of the molecule is CCCCCS[C@]1(C(C)=O)[C@@H](C(C)=O)C[C@H]1c1cccc([N+](=O)[O-])c1. The number of hydrogen-bond acceptors (Lipinski definition) is 5. The van der Waals surface area contributed by atoms with Crippen molar-refractivity contribution in [2.24, 2.45) is 5.92 Å². The lowest BCUT2D eigenvalue weighted by Crippen LogP contribution is -2.59. The minimum Gasteiger partial charge on any atom is -0.300 e. The third-order valence-corrected chi connectivity index (χ3v) is 6.95. The normalized spacial score (nSPS) is 25.2. The average Bonchev–Trinajstić information content (AvgIpc) is 2.53. The first-order chi connectivity index (χ1) is 11.8. The number of Topliss-reactive ketones (excluding diaryl/α,β-unsaturated/α-hetero) is 2. The summed E-state index contributed by atoms with van der Waals surface area (Å²) in [4.78, 5) is 35.4. The van der Waals surface area contributed by atoms with E-state index in [0.29, 0.717) is 6.42 Å². The quantitative estimate of drug-likeness (QED) is 0.366. The molecule has 0 spiro atoms. The van der Waals surface area contributed by atoms with Crippen molar-refractivity contribution in [2.75, 3.05) is 5.75 Å². The molecular formula is C19H25NO4S. The molecule has 1 aromatic rings. The molecule has 136 valence electrons. The molecule has 0 unspecified atom stereocenters. The van der Waals surface area contributed by atoms with Crippen LogP contribution in [-0.2, 0) is 9.59 Å². The van der Waals surface area contributed by atoms with Gasteiger partial charge in [0.25, 0.3) is 5.69 Å². The van der Waals surface area contributed by atoms with Crippen LogP contribution in [0, 0.1) is 16.0 Å². The second-order valence-electron chi connectivity index (χ2n) is 6.71. The molecule has 5 nitrogen and oxygen atoms in total. The highest BCUT2D eigenvalue weighted by molar-refractivity contribution is 8.01. The molecule has 0 saturated heterocycles. The van der Waals surface area contributed by atoms with Gasteiger partial charge in [-0.05, 0) is 38.0 Å². The third kappa shape index (κ3) is 3.78. The zero-order valence-electron chi connectivity index (χ0n) is 15.0. The van der Waals surface area contributed by atoms with Crippen LogP contribution >= 0.6 is 11.8 Å². The number of carbonyl (C=O) groups is 2. The number of rotatable bonds is 9. The Labute approximate surface area is 152 Å². The topological polar surface area (TPSA) is 77.3 Å². The maximum Gasteiger partial charge on any atom is 0.269 e. The molecule has 1 aromatic carbocycles. The van der Waals surface area contributed by atoms with E-state index in [1.165, 1.54) is 6.07 Å². The fraction of sp³-hybridized carbons (Fsp3) is 0.579. The summed E-state index contributed by atoms with van der Waals surface area (Å²) >= 11 is 1.57. The third-order valence-electron chi connectivity index (χ3n) is 5.12. The second kappa shape index (κ2) is 8.13. The predicted molar refractivity (Wildman–Crippen MR) is 100 cm³/mol. The number of unbranched alkanes of at least 4 members (excludes halogenated alkanes) is 2. The first kappa shape index (κ1) is 19.6. The minimum atomic E-state index is -0.783. The van der Waals surface area contributed by atoms with E-state index in [4.69, 9.17) is 0 Å². The summed E-state index contributed by atoms with van der Waals surface area (Å²) < 4.78 is -0.783. The predicted octanol–water partition coefficient (Wildman–Crippen LogP) is 4.54. The van der Waals surface area contributed by atoms with Crippen molar-refractivity contribution in [1.29, 1.82) is 0 Å². The maximum atomic E-state index is 12.6. The van der Waals surface area contributed by atoms with Gasteiger partial charge < -0.3 is 0 Å². The number of thioether (sulfide) groups is 1. The molecule has 0 amide bonds. The summed E-state index contributed by atoms with van der Waals surface area (Å²) in [6.45, 7) is 5.21. The Bertz CT molecular complexity index is 675. The number of nitro groups is 1. The highest BCUT2D eigenvalue weighted by Crippen LogP contribution is 2.59. The van der Waals surface area contributed by atoms with Gasteiger partial charge in [-0.15, -0.1) is 11.8 Å². The van der Waals surface area contributed by atoms with Crippen LogP contribution in [0.15, 0.2) is 24.3 Å². The van der Waals surface area contributed by atoms with Gasteiger partial charge in [-0.3, -0.25) is 19.7 Å². The zero-order valence-corrected chi connectivity index (χ0v) is 15.8. The smallest absolute Gasteiger partial charge is 0.269 e. The summed E-state index contributed by atoms with van der Waals surface area (Å²) in [5.74, 6) is 0.394. The van der Waals surface area contributed by atoms with Crippen molar-refractivity contribution >= 4 is 29.0 Å². The standard InChI is InChI=1S/C19H25NO4S/c1-4-5-6-10-25-19(14(3)22)17(13(2)21)12-18(19)15-8-7-9-16(11-15)20(23)24/h7-9,11,17-18H,4-6,10,12H2,1-3H3/t17-,18+,19-/m1/s1. The van der Waals surface area contributed by atoms with Gasteiger partial charge in [-0.2, -0.15) is 0 Å². The van der Waals surface area contributed by atoms with Crippen LogP contribution in [0.2, 0.25) is 0 Å². The summed E-state index contributed by atoms with van der Waals surface area (Å²) in [5, 5.41) is 11.1. The van der Waals surface area contributed by atoms with Crippen molar-refractivity contribution in [3.8, 4) is 0 Å². The molecule has 6 heteroatoms. The fourth-order valence-corrected chi connectivity index (χ4v) is 5.55. The van der Waals surface area contributed by atoms with Crippen LogP contribution in [0.5, 0.6) is 0 Å². The Morgan fingerprint density at radius 3 is 2.60 bits per heavy atom. The Kier molecular flexibility index (Phi) is 6.38. The molecule has 2 rings (SSSR count). The number of benzene rings is 1. The number of hydrogen-bond donors (Lipinski definition) is 0. The number of nitro benzene ring substituents is 1. The van der Waals surface area contributed by atoms with Gasteiger partial charge >= 0.3 is 0 Å². The first-order valence-electron chi connectivity index (χ1n) is 8.74. The van der Waals surface area contributed by atoms with E-state index in [1.807, 2.05) is 6.07 Å². The largest absolute Gasteiger partial charge is 0.300 e. The molecule has 25 heavy (non-hydrogen) atoms. The molecule has 1 saturated carbocycles. The Balaban J connectivity index is 2.35. The average molecular weight is 363 g/mol. The second-order valence-corrected chi connectivity index (χ2v) is 8.08. The van der Waals surface area contributed by atoms with Crippen LogP contribution in [0.4, 0.5) is 5.69 Å². The van der Waals surface area contributed by atoms with Gasteiger partial charge in [0.05, 0.1) is 9.67 Å². The van der Waals surface area contributed by atoms with E-state index in [2.05, 4.69) is 6.92 Å². The van der Waals surface area contributed by atoms with Crippen LogP contribution in [0.1, 0.15) is 57.9 Å². The Hall–Kier alpha value is -1.69. The molecule has 0 aliphatic heterocycles. The monoisotopic (exact) mass is 363 g/mol. The van der Waals surface area contributed by atoms with Crippen molar-refractivity contribution in [3.63, 3.8) is 0 Å². The molecular weight excluding hydrogens is 338 g/mol. The molecule has 1 fully saturated rings. The summed E-state index contributed by atoms with van der Waals surface area (Å²) in [7, 11) is 0. The minimum absolute atomic E-state index is 0.00282. The lowest BCUT2D eigenvalue weighted by atomic mass is 9.58. The van der Waals surface area contributed by atoms with Gasteiger partial charge in [0.2, 0.25) is 0 Å². The molecule has 0 N–H and O–H groups in total. The molecule has 3 atom stereocenters. The van der Waals surface area contributed by atoms with Crippen LogP contribution in [0.3, 0.4) is 0 Å².